The third-order valence-corrected chi connectivity index (χ3v) is 4.51. The minimum Gasteiger partial charge on any atom is -0.429 e. The molecule has 1 aliphatic heterocycles. The summed E-state index contributed by atoms with van der Waals surface area (Å²) in [6.45, 7) is 15.1. The molecule has 3 rings (SSSR count). The number of nitrogens with zero attached hydrogens (tertiary/aromatic N) is 3. The molecule has 0 aliphatic carbocycles. The summed E-state index contributed by atoms with van der Waals surface area (Å²) in [5, 5.41) is 4.70. The minimum absolute atomic E-state index is 0.215. The Morgan fingerprint density at radius 1 is 1.18 bits per heavy atom. The third-order valence-electron chi connectivity index (χ3n) is 4.51. The number of hydrogen-bond acceptors (Lipinski definition) is 2. The van der Waals surface area contributed by atoms with Crippen LogP contribution < -0.4 is 9.30 Å². The lowest BCUT2D eigenvalue weighted by molar-refractivity contribution is -0.717. The van der Waals surface area contributed by atoms with Crippen molar-refractivity contribution in [3.63, 3.8) is 0 Å². The largest absolute Gasteiger partial charge is 0.469 e. The van der Waals surface area contributed by atoms with Crippen molar-refractivity contribution in [2.24, 2.45) is 5.92 Å². The van der Waals surface area contributed by atoms with E-state index in [0.717, 1.165) is 5.69 Å². The first kappa shape index (κ1) is 15.1. The highest BCUT2D eigenvalue weighted by molar-refractivity contribution is 5.48. The van der Waals surface area contributed by atoms with Crippen LogP contribution in [0.4, 0.5) is 0 Å². The van der Waals surface area contributed by atoms with Crippen LogP contribution in [0.25, 0.3) is 5.69 Å². The van der Waals surface area contributed by atoms with Crippen LogP contribution in [0.5, 0.6) is 6.01 Å². The molecule has 0 bridgehead atoms. The van der Waals surface area contributed by atoms with E-state index < -0.39 is 0 Å². The molecule has 0 saturated heterocycles. The first-order valence-corrected chi connectivity index (χ1v) is 7.99. The highest BCUT2D eigenvalue weighted by atomic mass is 16.5. The zero-order valence-corrected chi connectivity index (χ0v) is 14.6. The molecule has 118 valence electrons. The van der Waals surface area contributed by atoms with Gasteiger partial charge in [0.1, 0.15) is 17.3 Å². The predicted octanol–water partition coefficient (Wildman–Crippen LogP) is 3.45. The Morgan fingerprint density at radius 3 is 2.32 bits per heavy atom. The Bertz CT molecular complexity index is 705. The molecule has 0 radical (unpaired) electrons. The summed E-state index contributed by atoms with van der Waals surface area (Å²) in [5.41, 5.74) is 4.69. The molecule has 2 aromatic rings. The smallest absolute Gasteiger partial charge is 0.429 e. The van der Waals surface area contributed by atoms with E-state index in [0.29, 0.717) is 18.0 Å². The van der Waals surface area contributed by atoms with Gasteiger partial charge in [0.2, 0.25) is 6.33 Å². The summed E-state index contributed by atoms with van der Waals surface area (Å²) in [4.78, 5) is 0. The molecule has 2 heterocycles. The first-order chi connectivity index (χ1) is 10.2. The molecule has 1 atom stereocenters. The van der Waals surface area contributed by atoms with Gasteiger partial charge in [-0.15, -0.1) is 0 Å². The summed E-state index contributed by atoms with van der Waals surface area (Å²) >= 11 is 0. The zero-order valence-electron chi connectivity index (χ0n) is 14.6. The molecule has 0 fully saturated rings. The van der Waals surface area contributed by atoms with Crippen LogP contribution >= 0.6 is 0 Å². The van der Waals surface area contributed by atoms with Crippen molar-refractivity contribution >= 4 is 0 Å². The number of aryl methyl sites for hydroxylation is 3. The van der Waals surface area contributed by atoms with Gasteiger partial charge in [-0.05, 0) is 51.7 Å². The average Bonchev–Trinajstić information content (AvgIpc) is 2.79. The van der Waals surface area contributed by atoms with Gasteiger partial charge in [0.25, 0.3) is 0 Å². The molecule has 22 heavy (non-hydrogen) atoms. The molecule has 0 spiro atoms. The molecular weight excluding hydrogens is 274 g/mol. The van der Waals surface area contributed by atoms with Crippen LogP contribution in [0.15, 0.2) is 18.5 Å². The molecule has 1 aromatic carbocycles. The maximum absolute atomic E-state index is 6.10. The zero-order chi connectivity index (χ0) is 16.2. The van der Waals surface area contributed by atoms with Gasteiger partial charge in [-0.2, -0.15) is 4.57 Å². The number of fused-ring (bicyclic) bond motifs is 1. The average molecular weight is 300 g/mol. The van der Waals surface area contributed by atoms with E-state index in [-0.39, 0.29) is 5.60 Å². The topological polar surface area (TPSA) is 30.9 Å². The van der Waals surface area contributed by atoms with E-state index in [1.165, 1.54) is 16.7 Å². The first-order valence-electron chi connectivity index (χ1n) is 7.99. The Kier molecular flexibility index (Phi) is 3.31. The van der Waals surface area contributed by atoms with E-state index in [4.69, 9.17) is 9.84 Å². The van der Waals surface area contributed by atoms with Crippen LogP contribution in [0, 0.1) is 26.7 Å². The van der Waals surface area contributed by atoms with Gasteiger partial charge in [-0.1, -0.05) is 36.2 Å². The van der Waals surface area contributed by atoms with E-state index in [1.54, 1.807) is 0 Å². The maximum Gasteiger partial charge on any atom is 0.469 e. The summed E-state index contributed by atoms with van der Waals surface area (Å²) in [6, 6.07) is 5.40. The van der Waals surface area contributed by atoms with Crippen molar-refractivity contribution < 1.29 is 9.30 Å². The second-order valence-electron chi connectivity index (χ2n) is 7.39. The van der Waals surface area contributed by atoms with Gasteiger partial charge >= 0.3 is 6.01 Å². The number of ether oxygens (including phenoxy) is 1. The van der Waals surface area contributed by atoms with Crippen LogP contribution in [-0.2, 0) is 0 Å². The SMILES string of the molecule is Cc1cc(C)c(-n2c[n+]3c(n2)OC(C)(C)[C@@H]3C(C)C)c(C)c1. The fourth-order valence-electron chi connectivity index (χ4n) is 4.00. The summed E-state index contributed by atoms with van der Waals surface area (Å²) in [5.74, 6) is 0.485. The second-order valence-corrected chi connectivity index (χ2v) is 7.39. The van der Waals surface area contributed by atoms with Gasteiger partial charge in [-0.25, -0.2) is 0 Å². The summed E-state index contributed by atoms with van der Waals surface area (Å²) in [6.07, 6.45) is 2.08. The molecule has 0 N–H and O–H groups in total. The van der Waals surface area contributed by atoms with Crippen molar-refractivity contribution in [3.8, 4) is 11.7 Å². The molecule has 1 aromatic heterocycles. The Balaban J connectivity index is 2.11. The Hall–Kier alpha value is -1.84. The van der Waals surface area contributed by atoms with Gasteiger partial charge in [0.05, 0.1) is 5.10 Å². The van der Waals surface area contributed by atoms with Gasteiger partial charge in [0, 0.05) is 0 Å². The van der Waals surface area contributed by atoms with Gasteiger partial charge < -0.3 is 4.74 Å². The number of rotatable bonds is 2. The fraction of sp³-hybridized carbons (Fsp3) is 0.556. The maximum atomic E-state index is 6.10. The fourth-order valence-corrected chi connectivity index (χ4v) is 4.00. The molecule has 1 aliphatic rings. The van der Waals surface area contributed by atoms with E-state index in [9.17, 15) is 0 Å². The molecule has 0 unspecified atom stereocenters. The minimum atomic E-state index is -0.215. The molecule has 4 nitrogen and oxygen atoms in total. The lowest BCUT2D eigenvalue weighted by Crippen LogP contribution is -2.47. The lowest BCUT2D eigenvalue weighted by Gasteiger charge is -2.26. The van der Waals surface area contributed by atoms with Crippen molar-refractivity contribution in [3.05, 3.63) is 35.2 Å². The van der Waals surface area contributed by atoms with Gasteiger partial charge in [-0.3, -0.25) is 0 Å². The highest BCUT2D eigenvalue weighted by Crippen LogP contribution is 2.35. The summed E-state index contributed by atoms with van der Waals surface area (Å²) in [7, 11) is 0. The van der Waals surface area contributed by atoms with Crippen LogP contribution in [0.2, 0.25) is 0 Å². The van der Waals surface area contributed by atoms with Crippen LogP contribution in [0.1, 0.15) is 50.4 Å². The predicted molar refractivity (Wildman–Crippen MR) is 86.6 cm³/mol. The Labute approximate surface area is 132 Å². The van der Waals surface area contributed by atoms with E-state index >= 15 is 0 Å². The van der Waals surface area contributed by atoms with Crippen LogP contribution in [0.3, 0.4) is 0 Å². The monoisotopic (exact) mass is 300 g/mol. The highest BCUT2D eigenvalue weighted by Gasteiger charge is 2.49. The Morgan fingerprint density at radius 2 is 1.77 bits per heavy atom. The lowest BCUT2D eigenvalue weighted by atomic mass is 9.90. The second kappa shape index (κ2) is 4.83. The molecular formula is C18H26N3O+. The van der Waals surface area contributed by atoms with Crippen molar-refractivity contribution in [1.29, 1.82) is 0 Å². The van der Waals surface area contributed by atoms with Crippen LogP contribution in [-0.4, -0.2) is 15.4 Å². The molecule has 4 heteroatoms. The normalized spacial score (nSPS) is 19.4. The van der Waals surface area contributed by atoms with Crippen molar-refractivity contribution in [1.82, 2.24) is 9.78 Å². The van der Waals surface area contributed by atoms with Gasteiger partial charge in [0.15, 0.2) is 0 Å². The summed E-state index contributed by atoms with van der Waals surface area (Å²) < 4.78 is 10.3. The standard InChI is InChI=1S/C18H26N3O/c1-11(2)16-18(6,7)22-17-19-21(10-20(16)17)15-13(4)8-12(3)9-14(15)5/h8-11,16H,1-7H3/q+1/t16-/m0/s1. The van der Waals surface area contributed by atoms with Crippen molar-refractivity contribution in [2.45, 2.75) is 60.1 Å². The molecule has 0 saturated carbocycles. The quantitative estimate of drug-likeness (QED) is 0.795. The van der Waals surface area contributed by atoms with E-state index in [1.807, 2.05) is 4.68 Å². The third kappa shape index (κ3) is 2.21. The number of benzene rings is 1. The van der Waals surface area contributed by atoms with Crippen molar-refractivity contribution in [2.75, 3.05) is 0 Å². The number of hydrogen-bond donors (Lipinski definition) is 0. The number of aromatic nitrogens is 3. The van der Waals surface area contributed by atoms with E-state index in [2.05, 4.69) is 71.5 Å². The molecule has 0 amide bonds.